The Labute approximate surface area is 121 Å². The molecule has 0 aliphatic carbocycles. The fourth-order valence-corrected chi connectivity index (χ4v) is 2.10. The zero-order valence-electron chi connectivity index (χ0n) is 12.7. The lowest BCUT2D eigenvalue weighted by atomic mass is 10.1. The van der Waals surface area contributed by atoms with Gasteiger partial charge in [0.15, 0.2) is 0 Å². The van der Waals surface area contributed by atoms with Gasteiger partial charge >= 0.3 is 0 Å². The van der Waals surface area contributed by atoms with E-state index in [4.69, 9.17) is 4.74 Å². The summed E-state index contributed by atoms with van der Waals surface area (Å²) in [5.74, 6) is 1.83. The summed E-state index contributed by atoms with van der Waals surface area (Å²) in [5, 5.41) is 3.31. The molecule has 0 saturated carbocycles. The molecule has 1 aromatic heterocycles. The van der Waals surface area contributed by atoms with E-state index in [2.05, 4.69) is 50.1 Å². The number of aryl methyl sites for hydroxylation is 2. The van der Waals surface area contributed by atoms with Gasteiger partial charge < -0.3 is 10.1 Å². The minimum atomic E-state index is 0.767. The van der Waals surface area contributed by atoms with Crippen molar-refractivity contribution >= 4 is 0 Å². The Kier molecular flexibility index (Phi) is 4.74. The Balaban J connectivity index is 2.33. The highest BCUT2D eigenvalue weighted by Gasteiger charge is 2.10. The largest absolute Gasteiger partial charge is 0.456 e. The number of rotatable bonds is 5. The third kappa shape index (κ3) is 3.17. The first-order valence-electron chi connectivity index (χ1n) is 7.01. The summed E-state index contributed by atoms with van der Waals surface area (Å²) in [4.78, 5) is 4.18. The first-order valence-corrected chi connectivity index (χ1v) is 7.01. The predicted molar refractivity (Wildman–Crippen MR) is 82.3 cm³/mol. The molecule has 0 radical (unpaired) electrons. The Morgan fingerprint density at radius 2 is 1.85 bits per heavy atom. The van der Waals surface area contributed by atoms with E-state index in [9.17, 15) is 0 Å². The molecule has 3 nitrogen and oxygen atoms in total. The first-order chi connectivity index (χ1) is 9.63. The van der Waals surface area contributed by atoms with Crippen LogP contribution in [0.5, 0.6) is 11.5 Å². The highest BCUT2D eigenvalue weighted by atomic mass is 16.5. The van der Waals surface area contributed by atoms with Crippen molar-refractivity contribution in [2.45, 2.75) is 34.2 Å². The van der Waals surface area contributed by atoms with Gasteiger partial charge in [0.05, 0.1) is 0 Å². The molecule has 106 valence electrons. The molecule has 1 N–H and O–H groups in total. The lowest BCUT2D eigenvalue weighted by molar-refractivity contribution is 0.464. The van der Waals surface area contributed by atoms with Crippen LogP contribution in [0.15, 0.2) is 30.6 Å². The second-order valence-electron chi connectivity index (χ2n) is 5.02. The average Bonchev–Trinajstić information content (AvgIpc) is 2.46. The number of nitrogens with one attached hydrogen (secondary N) is 1. The minimum absolute atomic E-state index is 0.767. The summed E-state index contributed by atoms with van der Waals surface area (Å²) in [5.41, 5.74) is 4.66. The average molecular weight is 270 g/mol. The molecule has 0 bridgehead atoms. The fraction of sp³-hybridized carbons (Fsp3) is 0.353. The third-order valence-electron chi connectivity index (χ3n) is 3.51. The van der Waals surface area contributed by atoms with Crippen LogP contribution in [0.4, 0.5) is 0 Å². The molecule has 0 unspecified atom stereocenters. The molecule has 0 saturated heterocycles. The van der Waals surface area contributed by atoms with Crippen LogP contribution in [0.1, 0.15) is 29.2 Å². The van der Waals surface area contributed by atoms with Crippen LogP contribution in [0.3, 0.4) is 0 Å². The van der Waals surface area contributed by atoms with Crippen molar-refractivity contribution in [1.82, 2.24) is 10.3 Å². The van der Waals surface area contributed by atoms with Crippen LogP contribution in [-0.4, -0.2) is 11.5 Å². The van der Waals surface area contributed by atoms with Crippen molar-refractivity contribution in [3.63, 3.8) is 0 Å². The lowest BCUT2D eigenvalue weighted by Crippen LogP contribution is -2.12. The van der Waals surface area contributed by atoms with E-state index in [1.807, 2.05) is 12.3 Å². The number of hydrogen-bond acceptors (Lipinski definition) is 3. The van der Waals surface area contributed by atoms with Crippen molar-refractivity contribution in [2.24, 2.45) is 0 Å². The third-order valence-corrected chi connectivity index (χ3v) is 3.51. The minimum Gasteiger partial charge on any atom is -0.456 e. The summed E-state index contributed by atoms with van der Waals surface area (Å²) in [6.45, 7) is 10.1. The van der Waals surface area contributed by atoms with Gasteiger partial charge in [0.1, 0.15) is 11.5 Å². The van der Waals surface area contributed by atoms with E-state index >= 15 is 0 Å². The number of benzene rings is 1. The van der Waals surface area contributed by atoms with E-state index < -0.39 is 0 Å². The molecule has 0 atom stereocenters. The zero-order chi connectivity index (χ0) is 14.5. The first kappa shape index (κ1) is 14.5. The van der Waals surface area contributed by atoms with Crippen LogP contribution in [0, 0.1) is 20.8 Å². The smallest absolute Gasteiger partial charge is 0.135 e. The van der Waals surface area contributed by atoms with Gasteiger partial charge in [-0.05, 0) is 50.1 Å². The SMILES string of the molecule is CCNCc1cnccc1Oc1c(C)ccc(C)c1C. The standard InChI is InChI=1S/C17H22N2O/c1-5-18-10-15-11-19-9-8-16(15)20-17-13(3)7-6-12(2)14(17)4/h6-9,11,18H,5,10H2,1-4H3. The Hall–Kier alpha value is -1.87. The fourth-order valence-electron chi connectivity index (χ4n) is 2.10. The van der Waals surface area contributed by atoms with Gasteiger partial charge in [-0.1, -0.05) is 19.1 Å². The van der Waals surface area contributed by atoms with Gasteiger partial charge in [0, 0.05) is 24.5 Å². The molecular formula is C17H22N2O. The molecule has 0 aliphatic heterocycles. The van der Waals surface area contributed by atoms with Gasteiger partial charge in [0.2, 0.25) is 0 Å². The van der Waals surface area contributed by atoms with Crippen LogP contribution < -0.4 is 10.1 Å². The Morgan fingerprint density at radius 3 is 2.60 bits per heavy atom. The van der Waals surface area contributed by atoms with Gasteiger partial charge in [-0.3, -0.25) is 4.98 Å². The van der Waals surface area contributed by atoms with E-state index in [1.54, 1.807) is 6.20 Å². The highest BCUT2D eigenvalue weighted by molar-refractivity contribution is 5.47. The van der Waals surface area contributed by atoms with Gasteiger partial charge in [-0.25, -0.2) is 0 Å². The van der Waals surface area contributed by atoms with Crippen molar-refractivity contribution in [1.29, 1.82) is 0 Å². The molecule has 2 rings (SSSR count). The van der Waals surface area contributed by atoms with Gasteiger partial charge in [-0.2, -0.15) is 0 Å². The van der Waals surface area contributed by atoms with Gasteiger partial charge in [-0.15, -0.1) is 0 Å². The highest BCUT2D eigenvalue weighted by Crippen LogP contribution is 2.32. The Bertz CT molecular complexity index is 594. The predicted octanol–water partition coefficient (Wildman–Crippen LogP) is 3.91. The number of nitrogens with zero attached hydrogens (tertiary/aromatic N) is 1. The van der Waals surface area contributed by atoms with E-state index in [1.165, 1.54) is 11.1 Å². The van der Waals surface area contributed by atoms with Crippen LogP contribution in [0.2, 0.25) is 0 Å². The molecule has 2 aromatic rings. The topological polar surface area (TPSA) is 34.2 Å². The van der Waals surface area contributed by atoms with Gasteiger partial charge in [0.25, 0.3) is 0 Å². The second-order valence-corrected chi connectivity index (χ2v) is 5.02. The van der Waals surface area contributed by atoms with Crippen LogP contribution in [-0.2, 0) is 6.54 Å². The molecular weight excluding hydrogens is 248 g/mol. The summed E-state index contributed by atoms with van der Waals surface area (Å²) < 4.78 is 6.17. The maximum absolute atomic E-state index is 6.17. The lowest BCUT2D eigenvalue weighted by Gasteiger charge is -2.16. The Morgan fingerprint density at radius 1 is 1.10 bits per heavy atom. The summed E-state index contributed by atoms with van der Waals surface area (Å²) in [6, 6.07) is 6.15. The summed E-state index contributed by atoms with van der Waals surface area (Å²) in [6.07, 6.45) is 3.63. The van der Waals surface area contributed by atoms with Crippen LogP contribution in [0.25, 0.3) is 0 Å². The quantitative estimate of drug-likeness (QED) is 0.894. The maximum atomic E-state index is 6.17. The molecule has 0 aliphatic rings. The van der Waals surface area contributed by atoms with E-state index in [0.29, 0.717) is 0 Å². The number of pyridine rings is 1. The molecule has 3 heteroatoms. The van der Waals surface area contributed by atoms with Crippen molar-refractivity contribution in [3.8, 4) is 11.5 Å². The van der Waals surface area contributed by atoms with Crippen molar-refractivity contribution in [2.75, 3.05) is 6.54 Å². The van der Waals surface area contributed by atoms with Crippen molar-refractivity contribution in [3.05, 3.63) is 52.8 Å². The summed E-state index contributed by atoms with van der Waals surface area (Å²) >= 11 is 0. The zero-order valence-corrected chi connectivity index (χ0v) is 12.7. The number of ether oxygens (including phenoxy) is 1. The molecule has 20 heavy (non-hydrogen) atoms. The second kappa shape index (κ2) is 6.53. The normalized spacial score (nSPS) is 10.6. The summed E-state index contributed by atoms with van der Waals surface area (Å²) in [7, 11) is 0. The van der Waals surface area contributed by atoms with Crippen LogP contribution >= 0.6 is 0 Å². The van der Waals surface area contributed by atoms with E-state index in [0.717, 1.165) is 35.7 Å². The number of aromatic nitrogens is 1. The van der Waals surface area contributed by atoms with Crippen molar-refractivity contribution < 1.29 is 4.74 Å². The monoisotopic (exact) mass is 270 g/mol. The number of hydrogen-bond donors (Lipinski definition) is 1. The molecule has 1 heterocycles. The van der Waals surface area contributed by atoms with E-state index in [-0.39, 0.29) is 0 Å². The molecule has 1 aromatic carbocycles. The molecule has 0 amide bonds. The molecule has 0 fully saturated rings. The maximum Gasteiger partial charge on any atom is 0.135 e. The molecule has 0 spiro atoms.